The number of aromatic nitrogens is 1. The average molecular weight is 1090 g/mol. The first-order chi connectivity index (χ1) is 42.7. The molecule has 0 saturated carbocycles. The van der Waals surface area contributed by atoms with Gasteiger partial charge in [-0.25, -0.2) is 0 Å². The maximum atomic E-state index is 2.45. The van der Waals surface area contributed by atoms with Crippen molar-refractivity contribution in [1.82, 2.24) is 4.57 Å². The molecular weight excluding hydrogens is 1040 g/mol. The molecule has 0 amide bonds. The summed E-state index contributed by atoms with van der Waals surface area (Å²) in [5.41, 5.74) is 23.6. The fraction of sp³-hybridized carbons (Fsp3) is 0. The minimum Gasteiger partial charge on any atom is -0.310 e. The first kappa shape index (κ1) is 50.4. The van der Waals surface area contributed by atoms with Gasteiger partial charge in [-0.3, -0.25) is 0 Å². The second kappa shape index (κ2) is 21.5. The number of benzene rings is 15. The summed E-state index contributed by atoms with van der Waals surface area (Å²) in [4.78, 5) is 2.42. The minimum absolute atomic E-state index is 1.07. The molecule has 0 unspecified atom stereocenters. The van der Waals surface area contributed by atoms with Crippen LogP contribution in [0.15, 0.2) is 340 Å². The third kappa shape index (κ3) is 8.74. The van der Waals surface area contributed by atoms with Crippen molar-refractivity contribution < 1.29 is 0 Å². The van der Waals surface area contributed by atoms with Crippen LogP contribution in [0, 0.1) is 0 Å². The van der Waals surface area contributed by atoms with Crippen LogP contribution in [0.2, 0.25) is 0 Å². The van der Waals surface area contributed by atoms with E-state index in [1.165, 1.54) is 121 Å². The Hall–Kier alpha value is -11.3. The van der Waals surface area contributed by atoms with Crippen LogP contribution in [-0.4, -0.2) is 4.57 Å². The molecule has 1 heterocycles. The average Bonchev–Trinajstić information content (AvgIpc) is 2.10. The van der Waals surface area contributed by atoms with Crippen LogP contribution in [0.4, 0.5) is 17.1 Å². The van der Waals surface area contributed by atoms with Crippen molar-refractivity contribution in [3.8, 4) is 83.6 Å². The van der Waals surface area contributed by atoms with Crippen LogP contribution >= 0.6 is 0 Å². The molecule has 86 heavy (non-hydrogen) atoms. The zero-order chi connectivity index (χ0) is 56.9. The van der Waals surface area contributed by atoms with Crippen LogP contribution in [0.3, 0.4) is 0 Å². The Morgan fingerprint density at radius 1 is 0.198 bits per heavy atom. The maximum Gasteiger partial charge on any atom is 0.0541 e. The van der Waals surface area contributed by atoms with E-state index in [4.69, 9.17) is 0 Å². The van der Waals surface area contributed by atoms with Gasteiger partial charge in [0.2, 0.25) is 0 Å². The van der Waals surface area contributed by atoms with Gasteiger partial charge in [0.05, 0.1) is 16.7 Å². The molecule has 0 spiro atoms. The quantitative estimate of drug-likeness (QED) is 0.117. The van der Waals surface area contributed by atoms with Gasteiger partial charge in [0.1, 0.15) is 0 Å². The zero-order valence-electron chi connectivity index (χ0n) is 47.2. The smallest absolute Gasteiger partial charge is 0.0541 e. The second-order valence-electron chi connectivity index (χ2n) is 22.3. The van der Waals surface area contributed by atoms with Crippen LogP contribution in [-0.2, 0) is 0 Å². The highest BCUT2D eigenvalue weighted by molar-refractivity contribution is 6.24. The second-order valence-corrected chi connectivity index (χ2v) is 22.3. The Morgan fingerprint density at radius 2 is 0.581 bits per heavy atom. The van der Waals surface area contributed by atoms with Crippen LogP contribution in [0.1, 0.15) is 0 Å². The summed E-state index contributed by atoms with van der Waals surface area (Å²) < 4.78 is 2.45. The van der Waals surface area contributed by atoms with E-state index in [-0.39, 0.29) is 0 Å². The molecule has 1 aromatic heterocycles. The van der Waals surface area contributed by atoms with Crippen LogP contribution in [0.5, 0.6) is 0 Å². The number of anilines is 3. The van der Waals surface area contributed by atoms with E-state index in [1.54, 1.807) is 0 Å². The fourth-order valence-electron chi connectivity index (χ4n) is 13.5. The lowest BCUT2D eigenvalue weighted by molar-refractivity contribution is 1.17. The summed E-state index contributed by atoms with van der Waals surface area (Å²) in [6.45, 7) is 0. The molecule has 0 saturated heterocycles. The topological polar surface area (TPSA) is 8.17 Å². The lowest BCUT2D eigenvalue weighted by atomic mass is 9.84. The van der Waals surface area contributed by atoms with Crippen molar-refractivity contribution in [2.75, 3.05) is 4.90 Å². The first-order valence-corrected chi connectivity index (χ1v) is 29.7. The molecule has 2 heteroatoms. The fourth-order valence-corrected chi connectivity index (χ4v) is 13.5. The standard InChI is InChI=1S/C84H56N2/c1-5-24-57(25-6-1)60-30-21-31-63(54-60)83-74-38-17-19-40-76(74)84(77-41-20-18-39-75(77)83)73-44-22-43-72-71(73)42-23-45-80(72)85(64-32-11-4-12-33-64)65-48-50-66(51-49-65)86-81-52-46-61(69-36-15-13-34-67(69)58-26-7-2-8-27-58)55-78(81)79-56-62(47-53-82(79)86)70-37-16-14-35-68(70)59-28-9-3-10-29-59/h1-56H. The first-order valence-electron chi connectivity index (χ1n) is 29.7. The van der Waals surface area contributed by atoms with E-state index in [1.807, 2.05) is 0 Å². The molecular formula is C84H56N2. The van der Waals surface area contributed by atoms with E-state index in [0.29, 0.717) is 0 Å². The molecule has 0 fully saturated rings. The van der Waals surface area contributed by atoms with Gasteiger partial charge >= 0.3 is 0 Å². The van der Waals surface area contributed by atoms with Gasteiger partial charge in [-0.2, -0.15) is 0 Å². The van der Waals surface area contributed by atoms with Gasteiger partial charge in [-0.1, -0.05) is 267 Å². The Labute approximate surface area is 501 Å². The summed E-state index contributed by atoms with van der Waals surface area (Å²) in [5, 5.41) is 9.69. The molecule has 16 rings (SSSR count). The number of rotatable bonds is 11. The number of para-hydroxylation sites is 1. The predicted octanol–water partition coefficient (Wildman–Crippen LogP) is 23.4. The molecule has 0 aliphatic rings. The highest BCUT2D eigenvalue weighted by Crippen LogP contribution is 2.49. The van der Waals surface area contributed by atoms with Gasteiger partial charge in [0.15, 0.2) is 0 Å². The molecule has 0 aliphatic carbocycles. The molecule has 15 aromatic carbocycles. The molecule has 402 valence electrons. The summed E-state index contributed by atoms with van der Waals surface area (Å²) in [6, 6.07) is 125. The molecule has 0 radical (unpaired) electrons. The van der Waals surface area contributed by atoms with Gasteiger partial charge in [-0.15, -0.1) is 0 Å². The third-order valence-corrected chi connectivity index (χ3v) is 17.4. The molecule has 0 aliphatic heterocycles. The molecule has 2 nitrogen and oxygen atoms in total. The van der Waals surface area contributed by atoms with Crippen molar-refractivity contribution in [3.05, 3.63) is 340 Å². The molecule has 0 N–H and O–H groups in total. The number of nitrogens with zero attached hydrogens (tertiary/aromatic N) is 2. The summed E-state index contributed by atoms with van der Waals surface area (Å²) in [7, 11) is 0. The molecule has 0 atom stereocenters. The highest BCUT2D eigenvalue weighted by Gasteiger charge is 2.23. The van der Waals surface area contributed by atoms with E-state index in [0.717, 1.165) is 33.8 Å². The van der Waals surface area contributed by atoms with Crippen molar-refractivity contribution in [2.45, 2.75) is 0 Å². The van der Waals surface area contributed by atoms with E-state index >= 15 is 0 Å². The lowest BCUT2D eigenvalue weighted by Gasteiger charge is -2.27. The molecule has 0 bridgehead atoms. The van der Waals surface area contributed by atoms with Gasteiger partial charge in [0.25, 0.3) is 0 Å². The Morgan fingerprint density at radius 3 is 1.13 bits per heavy atom. The minimum atomic E-state index is 1.07. The Balaban J connectivity index is 0.843. The monoisotopic (exact) mass is 1090 g/mol. The van der Waals surface area contributed by atoms with Gasteiger partial charge < -0.3 is 9.47 Å². The third-order valence-electron chi connectivity index (χ3n) is 17.4. The predicted molar refractivity (Wildman–Crippen MR) is 366 cm³/mol. The molecule has 16 aromatic rings. The Bertz CT molecular complexity index is 5000. The van der Waals surface area contributed by atoms with Gasteiger partial charge in [0, 0.05) is 33.2 Å². The lowest BCUT2D eigenvalue weighted by Crippen LogP contribution is -2.10. The highest BCUT2D eigenvalue weighted by atomic mass is 15.1. The summed E-state index contributed by atoms with van der Waals surface area (Å²) in [6.07, 6.45) is 0. The van der Waals surface area contributed by atoms with E-state index in [9.17, 15) is 0 Å². The zero-order valence-corrected chi connectivity index (χ0v) is 47.2. The van der Waals surface area contributed by atoms with E-state index in [2.05, 4.69) is 349 Å². The summed E-state index contributed by atoms with van der Waals surface area (Å²) in [5.74, 6) is 0. The van der Waals surface area contributed by atoms with Crippen molar-refractivity contribution in [1.29, 1.82) is 0 Å². The summed E-state index contributed by atoms with van der Waals surface area (Å²) >= 11 is 0. The van der Waals surface area contributed by atoms with Crippen molar-refractivity contribution >= 4 is 71.2 Å². The number of fused-ring (bicyclic) bond motifs is 6. The largest absolute Gasteiger partial charge is 0.310 e. The van der Waals surface area contributed by atoms with Crippen molar-refractivity contribution in [2.24, 2.45) is 0 Å². The number of hydrogen-bond donors (Lipinski definition) is 0. The normalized spacial score (nSPS) is 11.5. The number of hydrogen-bond acceptors (Lipinski definition) is 1. The van der Waals surface area contributed by atoms with Crippen LogP contribution < -0.4 is 4.90 Å². The SMILES string of the molecule is c1ccc(-c2cccc(-c3c4ccccc4c(-c4cccc5c(N(c6ccccc6)c6ccc(-n7c8ccc(-c9ccccc9-c9ccccc9)cc8c8cc(-c9ccccc9-c9ccccc9)ccc87)cc6)cccc45)c4ccccc34)c2)cc1. The van der Waals surface area contributed by atoms with Crippen molar-refractivity contribution in [3.63, 3.8) is 0 Å². The Kier molecular flexibility index (Phi) is 12.6. The maximum absolute atomic E-state index is 2.45. The van der Waals surface area contributed by atoms with E-state index < -0.39 is 0 Å². The van der Waals surface area contributed by atoms with Crippen LogP contribution in [0.25, 0.3) is 138 Å². The van der Waals surface area contributed by atoms with Gasteiger partial charge in [-0.05, 0) is 178 Å².